The van der Waals surface area contributed by atoms with Crippen LogP contribution in [0.5, 0.6) is 0 Å². The molecule has 0 aliphatic carbocycles. The van der Waals surface area contributed by atoms with E-state index in [9.17, 15) is 19.7 Å². The lowest BCUT2D eigenvalue weighted by Crippen LogP contribution is -2.33. The molecule has 0 radical (unpaired) electrons. The van der Waals surface area contributed by atoms with Crippen molar-refractivity contribution in [3.63, 3.8) is 0 Å². The zero-order valence-electron chi connectivity index (χ0n) is 15.2. The second-order valence-electron chi connectivity index (χ2n) is 6.13. The van der Waals surface area contributed by atoms with Crippen molar-refractivity contribution in [3.05, 3.63) is 80.9 Å². The summed E-state index contributed by atoms with van der Waals surface area (Å²) in [7, 11) is 0. The van der Waals surface area contributed by atoms with Crippen molar-refractivity contribution in [3.8, 4) is 11.3 Å². The van der Waals surface area contributed by atoms with E-state index in [2.05, 4.69) is 15.4 Å². The van der Waals surface area contributed by atoms with Crippen LogP contribution in [0.4, 0.5) is 11.4 Å². The van der Waals surface area contributed by atoms with Gasteiger partial charge in [-0.3, -0.25) is 24.7 Å². The molecule has 1 atom stereocenters. The minimum Gasteiger partial charge on any atom is -0.318 e. The van der Waals surface area contributed by atoms with Crippen LogP contribution in [0, 0.1) is 17.0 Å². The van der Waals surface area contributed by atoms with E-state index < -0.39 is 22.4 Å². The molecule has 0 aliphatic heterocycles. The molecule has 28 heavy (non-hydrogen) atoms. The molecule has 0 spiro atoms. The number of aromatic nitrogens is 3. The highest BCUT2D eigenvalue weighted by atomic mass is 16.6. The van der Waals surface area contributed by atoms with E-state index >= 15 is 0 Å². The van der Waals surface area contributed by atoms with Gasteiger partial charge in [0, 0.05) is 30.1 Å². The number of nitro groups is 1. The van der Waals surface area contributed by atoms with Gasteiger partial charge in [0.2, 0.25) is 5.91 Å². The minimum absolute atomic E-state index is 0.0980. The van der Waals surface area contributed by atoms with Crippen molar-refractivity contribution in [2.45, 2.75) is 19.9 Å². The number of para-hydroxylation sites is 1. The van der Waals surface area contributed by atoms with E-state index in [1.54, 1.807) is 43.6 Å². The van der Waals surface area contributed by atoms with Crippen molar-refractivity contribution in [1.82, 2.24) is 14.8 Å². The van der Waals surface area contributed by atoms with Gasteiger partial charge in [0.25, 0.3) is 11.2 Å². The number of aryl methyl sites for hydroxylation is 1. The molecule has 142 valence electrons. The Hall–Kier alpha value is -3.88. The van der Waals surface area contributed by atoms with E-state index in [1.807, 2.05) is 0 Å². The fourth-order valence-corrected chi connectivity index (χ4v) is 2.68. The summed E-state index contributed by atoms with van der Waals surface area (Å²) in [5.74, 6) is -0.588. The maximum absolute atomic E-state index is 12.7. The Balaban J connectivity index is 1.93. The first-order chi connectivity index (χ1) is 13.4. The van der Waals surface area contributed by atoms with Gasteiger partial charge in [-0.1, -0.05) is 12.1 Å². The van der Waals surface area contributed by atoms with Gasteiger partial charge >= 0.3 is 0 Å². The molecule has 1 N–H and O–H groups in total. The fraction of sp³-hybridized carbons (Fsp3) is 0.158. The highest BCUT2D eigenvalue weighted by Gasteiger charge is 2.23. The van der Waals surface area contributed by atoms with Gasteiger partial charge in [0.1, 0.15) is 11.7 Å². The standard InChI is InChI=1S/C19H17N5O4/c1-12-5-3-7-16(24(27)28)18(12)21-19(26)13(2)23-17(25)9-8-15(22-23)14-6-4-10-20-11-14/h3-11,13H,1-2H3,(H,21,26). The molecule has 0 saturated carbocycles. The zero-order valence-corrected chi connectivity index (χ0v) is 15.2. The molecule has 2 aromatic heterocycles. The Morgan fingerprint density at radius 2 is 2.00 bits per heavy atom. The fourth-order valence-electron chi connectivity index (χ4n) is 2.68. The average Bonchev–Trinajstić information content (AvgIpc) is 2.69. The number of carbonyl (C=O) groups is 1. The van der Waals surface area contributed by atoms with Gasteiger partial charge in [-0.15, -0.1) is 0 Å². The predicted octanol–water partition coefficient (Wildman–Crippen LogP) is 2.72. The molecule has 3 aromatic rings. The van der Waals surface area contributed by atoms with Gasteiger partial charge in [0.05, 0.1) is 10.6 Å². The Morgan fingerprint density at radius 3 is 2.68 bits per heavy atom. The van der Waals surface area contributed by atoms with Crippen molar-refractivity contribution in [1.29, 1.82) is 0 Å². The lowest BCUT2D eigenvalue weighted by molar-refractivity contribution is -0.384. The van der Waals surface area contributed by atoms with Gasteiger partial charge < -0.3 is 5.32 Å². The molecular weight excluding hydrogens is 362 g/mol. The quantitative estimate of drug-likeness (QED) is 0.537. The summed E-state index contributed by atoms with van der Waals surface area (Å²) in [6.45, 7) is 3.15. The van der Waals surface area contributed by atoms with Crippen molar-refractivity contribution < 1.29 is 9.72 Å². The molecule has 0 fully saturated rings. The van der Waals surface area contributed by atoms with Crippen LogP contribution in [0.2, 0.25) is 0 Å². The minimum atomic E-state index is -0.983. The van der Waals surface area contributed by atoms with Crippen LogP contribution in [0.3, 0.4) is 0 Å². The average molecular weight is 379 g/mol. The number of anilines is 1. The topological polar surface area (TPSA) is 120 Å². The highest BCUT2D eigenvalue weighted by molar-refractivity contribution is 5.96. The molecule has 9 nitrogen and oxygen atoms in total. The predicted molar refractivity (Wildman–Crippen MR) is 103 cm³/mol. The monoisotopic (exact) mass is 379 g/mol. The molecule has 1 unspecified atom stereocenters. The molecule has 1 amide bonds. The van der Waals surface area contributed by atoms with Crippen molar-refractivity contribution >= 4 is 17.3 Å². The van der Waals surface area contributed by atoms with E-state index in [4.69, 9.17) is 0 Å². The molecular formula is C19H17N5O4. The summed E-state index contributed by atoms with van der Waals surface area (Å²) in [6, 6.07) is 9.90. The number of rotatable bonds is 5. The number of nitrogens with one attached hydrogen (secondary N) is 1. The third-order valence-electron chi connectivity index (χ3n) is 4.22. The maximum Gasteiger partial charge on any atom is 0.293 e. The molecule has 1 aromatic carbocycles. The number of pyridine rings is 1. The Kier molecular flexibility index (Phi) is 5.25. The molecule has 9 heteroatoms. The second-order valence-corrected chi connectivity index (χ2v) is 6.13. The first-order valence-electron chi connectivity index (χ1n) is 8.43. The molecule has 3 rings (SSSR count). The van der Waals surface area contributed by atoms with Crippen LogP contribution in [0.25, 0.3) is 11.3 Å². The first-order valence-corrected chi connectivity index (χ1v) is 8.43. The number of amides is 1. The van der Waals surface area contributed by atoms with Crippen molar-refractivity contribution in [2.24, 2.45) is 0 Å². The van der Waals surface area contributed by atoms with Gasteiger partial charge in [0.15, 0.2) is 0 Å². The molecule has 0 saturated heterocycles. The van der Waals surface area contributed by atoms with Crippen LogP contribution < -0.4 is 10.9 Å². The van der Waals surface area contributed by atoms with Crippen LogP contribution in [-0.4, -0.2) is 25.6 Å². The number of benzene rings is 1. The Morgan fingerprint density at radius 1 is 1.21 bits per heavy atom. The lowest BCUT2D eigenvalue weighted by Gasteiger charge is -2.16. The summed E-state index contributed by atoms with van der Waals surface area (Å²) in [4.78, 5) is 39.6. The summed E-state index contributed by atoms with van der Waals surface area (Å²) < 4.78 is 1.04. The lowest BCUT2D eigenvalue weighted by atomic mass is 10.1. The zero-order chi connectivity index (χ0) is 20.3. The van der Waals surface area contributed by atoms with Crippen LogP contribution in [0.1, 0.15) is 18.5 Å². The van der Waals surface area contributed by atoms with E-state index in [0.717, 1.165) is 4.68 Å². The van der Waals surface area contributed by atoms with Gasteiger partial charge in [-0.25, -0.2) is 4.68 Å². The molecule has 0 aliphatic rings. The molecule has 0 bridgehead atoms. The summed E-state index contributed by atoms with van der Waals surface area (Å²) in [6.07, 6.45) is 3.21. The third kappa shape index (κ3) is 3.78. The SMILES string of the molecule is Cc1cccc([N+](=O)[O-])c1NC(=O)C(C)n1nc(-c2cccnc2)ccc1=O. The summed E-state index contributed by atoms with van der Waals surface area (Å²) in [5, 5.41) is 18.0. The molecule has 2 heterocycles. The number of nitro benzene ring substituents is 1. The number of nitrogens with zero attached hydrogens (tertiary/aromatic N) is 4. The van der Waals surface area contributed by atoms with Gasteiger partial charge in [-0.05, 0) is 37.6 Å². The first kappa shape index (κ1) is 18.9. The highest BCUT2D eigenvalue weighted by Crippen LogP contribution is 2.28. The smallest absolute Gasteiger partial charge is 0.293 e. The summed E-state index contributed by atoms with van der Waals surface area (Å²) >= 11 is 0. The van der Waals surface area contributed by atoms with Crippen LogP contribution in [-0.2, 0) is 4.79 Å². The normalized spacial score (nSPS) is 11.6. The van der Waals surface area contributed by atoms with E-state index in [-0.39, 0.29) is 11.4 Å². The Labute approximate surface area is 159 Å². The second kappa shape index (κ2) is 7.78. The number of hydrogen-bond donors (Lipinski definition) is 1. The maximum atomic E-state index is 12.7. The van der Waals surface area contributed by atoms with Crippen molar-refractivity contribution in [2.75, 3.05) is 5.32 Å². The van der Waals surface area contributed by atoms with Crippen LogP contribution >= 0.6 is 0 Å². The third-order valence-corrected chi connectivity index (χ3v) is 4.22. The van der Waals surface area contributed by atoms with Gasteiger partial charge in [-0.2, -0.15) is 5.10 Å². The Bertz CT molecular complexity index is 1090. The number of hydrogen-bond acceptors (Lipinski definition) is 6. The number of carbonyl (C=O) groups excluding carboxylic acids is 1. The summed E-state index contributed by atoms with van der Waals surface area (Å²) in [5.41, 5.74) is 1.13. The van der Waals surface area contributed by atoms with Crippen LogP contribution in [0.15, 0.2) is 59.7 Å². The van der Waals surface area contributed by atoms with E-state index in [0.29, 0.717) is 16.8 Å². The largest absolute Gasteiger partial charge is 0.318 e. The van der Waals surface area contributed by atoms with E-state index in [1.165, 1.54) is 25.1 Å².